The maximum absolute atomic E-state index is 9.39. The van der Waals surface area contributed by atoms with E-state index >= 15 is 0 Å². The summed E-state index contributed by atoms with van der Waals surface area (Å²) < 4.78 is 0. The van der Waals surface area contributed by atoms with E-state index in [2.05, 4.69) is 48.3 Å². The van der Waals surface area contributed by atoms with Gasteiger partial charge in [0.15, 0.2) is 0 Å². The minimum absolute atomic E-state index is 0.154. The molecule has 1 aliphatic heterocycles. The Morgan fingerprint density at radius 3 is 2.82 bits per heavy atom. The molecule has 0 spiro atoms. The van der Waals surface area contributed by atoms with Crippen molar-refractivity contribution in [1.29, 1.82) is 0 Å². The zero-order valence-electron chi connectivity index (χ0n) is 10.7. The van der Waals surface area contributed by atoms with Crippen LogP contribution in [-0.4, -0.2) is 36.9 Å². The van der Waals surface area contributed by atoms with Gasteiger partial charge in [0.1, 0.15) is 0 Å². The van der Waals surface area contributed by atoms with Crippen molar-refractivity contribution in [2.75, 3.05) is 24.6 Å². The average Bonchev–Trinajstić information content (AvgIpc) is 2.71. The van der Waals surface area contributed by atoms with Crippen LogP contribution in [0.15, 0.2) is 24.3 Å². The fourth-order valence-corrected chi connectivity index (χ4v) is 2.50. The van der Waals surface area contributed by atoms with Crippen molar-refractivity contribution in [3.63, 3.8) is 0 Å². The van der Waals surface area contributed by atoms with E-state index in [-0.39, 0.29) is 12.6 Å². The molecule has 2 N–H and O–H groups in total. The fourth-order valence-electron chi connectivity index (χ4n) is 2.50. The zero-order chi connectivity index (χ0) is 12.3. The summed E-state index contributed by atoms with van der Waals surface area (Å²) in [4.78, 5) is 2.37. The van der Waals surface area contributed by atoms with Gasteiger partial charge in [-0.25, -0.2) is 0 Å². The molecule has 0 saturated carbocycles. The number of rotatable bonds is 5. The summed E-state index contributed by atoms with van der Waals surface area (Å²) >= 11 is 0. The van der Waals surface area contributed by atoms with Gasteiger partial charge < -0.3 is 15.3 Å². The molecular weight excluding hydrogens is 212 g/mol. The number of nitrogens with one attached hydrogen (secondary N) is 1. The average molecular weight is 234 g/mol. The Hall–Kier alpha value is -1.06. The smallest absolute Gasteiger partial charge is 0.0602 e. The minimum Gasteiger partial charge on any atom is -0.395 e. The Kier molecular flexibility index (Phi) is 4.02. The van der Waals surface area contributed by atoms with E-state index < -0.39 is 0 Å². The molecule has 17 heavy (non-hydrogen) atoms. The molecule has 2 rings (SSSR count). The van der Waals surface area contributed by atoms with E-state index in [1.54, 1.807) is 0 Å². The Morgan fingerprint density at radius 2 is 2.12 bits per heavy atom. The number of hydrogen-bond acceptors (Lipinski definition) is 3. The molecule has 0 fully saturated rings. The monoisotopic (exact) mass is 234 g/mol. The summed E-state index contributed by atoms with van der Waals surface area (Å²) in [5, 5.41) is 12.8. The van der Waals surface area contributed by atoms with Crippen molar-refractivity contribution < 1.29 is 5.11 Å². The van der Waals surface area contributed by atoms with Crippen LogP contribution in [-0.2, 0) is 6.42 Å². The first-order valence-electron chi connectivity index (χ1n) is 6.40. The molecule has 3 heteroatoms. The van der Waals surface area contributed by atoms with Gasteiger partial charge in [-0.3, -0.25) is 0 Å². The van der Waals surface area contributed by atoms with Gasteiger partial charge >= 0.3 is 0 Å². The summed E-state index contributed by atoms with van der Waals surface area (Å²) in [6, 6.07) is 9.11. The number of nitrogens with zero attached hydrogens (tertiary/aromatic N) is 1. The van der Waals surface area contributed by atoms with Crippen LogP contribution in [0.3, 0.4) is 0 Å². The number of hydrogen-bond donors (Lipinski definition) is 2. The molecule has 0 aliphatic carbocycles. The highest BCUT2D eigenvalue weighted by molar-refractivity contribution is 5.57. The maximum Gasteiger partial charge on any atom is 0.0602 e. The standard InChI is InChI=1S/C14H22N2O/c1-11(2)15-13(10-17)9-16-8-7-12-5-3-4-6-14(12)16/h3-6,11,13,15,17H,7-10H2,1-2H3. The third-order valence-electron chi connectivity index (χ3n) is 3.21. The molecular formula is C14H22N2O. The van der Waals surface area contributed by atoms with Crippen LogP contribution in [0.2, 0.25) is 0 Å². The summed E-state index contributed by atoms with van der Waals surface area (Å²) in [5.74, 6) is 0. The number of aliphatic hydroxyl groups is 1. The molecule has 0 bridgehead atoms. The first kappa shape index (κ1) is 12.4. The SMILES string of the molecule is CC(C)NC(CO)CN1CCc2ccccc21. The summed E-state index contributed by atoms with van der Waals surface area (Å²) in [6.45, 7) is 6.36. The minimum atomic E-state index is 0.154. The lowest BCUT2D eigenvalue weighted by atomic mass is 10.2. The van der Waals surface area contributed by atoms with Crippen molar-refractivity contribution in [3.8, 4) is 0 Å². The van der Waals surface area contributed by atoms with E-state index in [1.165, 1.54) is 11.3 Å². The number of anilines is 1. The normalized spacial score (nSPS) is 16.4. The quantitative estimate of drug-likeness (QED) is 0.808. The Bertz CT molecular complexity index is 365. The molecule has 1 unspecified atom stereocenters. The molecule has 0 aromatic heterocycles. The number of para-hydroxylation sites is 1. The molecule has 1 aliphatic rings. The summed E-state index contributed by atoms with van der Waals surface area (Å²) in [6.07, 6.45) is 1.12. The van der Waals surface area contributed by atoms with Gasteiger partial charge in [0, 0.05) is 30.9 Å². The first-order chi connectivity index (χ1) is 8.20. The van der Waals surface area contributed by atoms with E-state index in [0.29, 0.717) is 6.04 Å². The van der Waals surface area contributed by atoms with Crippen molar-refractivity contribution in [3.05, 3.63) is 29.8 Å². The molecule has 1 aromatic carbocycles. The van der Waals surface area contributed by atoms with Crippen LogP contribution in [0.25, 0.3) is 0 Å². The van der Waals surface area contributed by atoms with Gasteiger partial charge in [0.2, 0.25) is 0 Å². The van der Waals surface area contributed by atoms with Gasteiger partial charge in [0.25, 0.3) is 0 Å². The van der Waals surface area contributed by atoms with Crippen LogP contribution in [0.5, 0.6) is 0 Å². The largest absolute Gasteiger partial charge is 0.395 e. The Labute approximate surface area is 103 Å². The third-order valence-corrected chi connectivity index (χ3v) is 3.21. The molecule has 94 valence electrons. The topological polar surface area (TPSA) is 35.5 Å². The zero-order valence-corrected chi connectivity index (χ0v) is 10.7. The van der Waals surface area contributed by atoms with Gasteiger partial charge in [-0.2, -0.15) is 0 Å². The number of benzene rings is 1. The maximum atomic E-state index is 9.39. The summed E-state index contributed by atoms with van der Waals surface area (Å²) in [7, 11) is 0. The highest BCUT2D eigenvalue weighted by atomic mass is 16.3. The van der Waals surface area contributed by atoms with E-state index in [4.69, 9.17) is 0 Å². The van der Waals surface area contributed by atoms with E-state index in [0.717, 1.165) is 19.5 Å². The number of aliphatic hydroxyl groups excluding tert-OH is 1. The second kappa shape index (κ2) is 5.52. The second-order valence-corrected chi connectivity index (χ2v) is 5.03. The second-order valence-electron chi connectivity index (χ2n) is 5.03. The van der Waals surface area contributed by atoms with Crippen molar-refractivity contribution >= 4 is 5.69 Å². The molecule has 1 aromatic rings. The lowest BCUT2D eigenvalue weighted by Crippen LogP contribution is -2.45. The Balaban J connectivity index is 2.00. The van der Waals surface area contributed by atoms with Crippen LogP contribution in [0.4, 0.5) is 5.69 Å². The molecule has 3 nitrogen and oxygen atoms in total. The molecule has 1 atom stereocenters. The van der Waals surface area contributed by atoms with Crippen molar-refractivity contribution in [1.82, 2.24) is 5.32 Å². The third kappa shape index (κ3) is 2.99. The highest BCUT2D eigenvalue weighted by Gasteiger charge is 2.21. The molecule has 0 saturated heterocycles. The van der Waals surface area contributed by atoms with Crippen LogP contribution < -0.4 is 10.2 Å². The van der Waals surface area contributed by atoms with Gasteiger partial charge in [-0.05, 0) is 18.1 Å². The van der Waals surface area contributed by atoms with Gasteiger partial charge in [-0.15, -0.1) is 0 Å². The predicted molar refractivity (Wildman–Crippen MR) is 71.5 cm³/mol. The highest BCUT2D eigenvalue weighted by Crippen LogP contribution is 2.27. The van der Waals surface area contributed by atoms with Crippen molar-refractivity contribution in [2.24, 2.45) is 0 Å². The van der Waals surface area contributed by atoms with Crippen LogP contribution in [0, 0.1) is 0 Å². The van der Waals surface area contributed by atoms with Crippen LogP contribution >= 0.6 is 0 Å². The molecule has 0 radical (unpaired) electrons. The lowest BCUT2D eigenvalue weighted by Gasteiger charge is -2.27. The molecule has 0 amide bonds. The lowest BCUT2D eigenvalue weighted by molar-refractivity contribution is 0.237. The summed E-state index contributed by atoms with van der Waals surface area (Å²) in [5.41, 5.74) is 2.75. The van der Waals surface area contributed by atoms with Gasteiger partial charge in [0.05, 0.1) is 6.61 Å². The number of fused-ring (bicyclic) bond motifs is 1. The fraction of sp³-hybridized carbons (Fsp3) is 0.571. The van der Waals surface area contributed by atoms with Crippen molar-refractivity contribution in [2.45, 2.75) is 32.4 Å². The van der Waals surface area contributed by atoms with E-state index in [9.17, 15) is 5.11 Å². The molecule has 1 heterocycles. The van der Waals surface area contributed by atoms with Crippen LogP contribution in [0.1, 0.15) is 19.4 Å². The first-order valence-corrected chi connectivity index (χ1v) is 6.40. The van der Waals surface area contributed by atoms with Gasteiger partial charge in [-0.1, -0.05) is 32.0 Å². The Morgan fingerprint density at radius 1 is 1.35 bits per heavy atom. The van der Waals surface area contributed by atoms with E-state index in [1.807, 2.05) is 0 Å². The predicted octanol–water partition coefficient (Wildman–Crippen LogP) is 1.41.